The van der Waals surface area contributed by atoms with Crippen LogP contribution in [0, 0.1) is 12.8 Å². The fourth-order valence-electron chi connectivity index (χ4n) is 12.4. The molecule has 19 heteroatoms. The number of benzene rings is 4. The lowest BCUT2D eigenvalue weighted by molar-refractivity contribution is -0.143. The van der Waals surface area contributed by atoms with Gasteiger partial charge in [-0.2, -0.15) is 0 Å². The number of anilines is 2. The molecule has 5 aliphatic heterocycles. The normalized spacial score (nSPS) is 19.8. The number of β-amino-alcohol motifs (C(OH)–C–C–N with tert-alkyl or cyclic N) is 1. The van der Waals surface area contributed by atoms with E-state index in [0.29, 0.717) is 57.9 Å². The Hall–Kier alpha value is -7.07. The van der Waals surface area contributed by atoms with Crippen molar-refractivity contribution in [3.05, 3.63) is 155 Å². The molecule has 18 nitrogen and oxygen atoms in total. The number of piperazine rings is 2. The molecule has 2 amide bonds. The zero-order chi connectivity index (χ0) is 59.4. The molecule has 6 aromatic rings. The summed E-state index contributed by atoms with van der Waals surface area (Å²) in [6.07, 6.45) is 6.29. The summed E-state index contributed by atoms with van der Waals surface area (Å²) in [6, 6.07) is 29.1. The fourth-order valence-corrected chi connectivity index (χ4v) is 13.2. The average molecular weight is 1190 g/mol. The van der Waals surface area contributed by atoms with Crippen molar-refractivity contribution in [3.63, 3.8) is 0 Å². The average Bonchev–Trinajstić information content (AvgIpc) is 2.44. The van der Waals surface area contributed by atoms with E-state index in [-0.39, 0.29) is 37.2 Å². The van der Waals surface area contributed by atoms with Gasteiger partial charge in [-0.05, 0) is 85.4 Å². The minimum absolute atomic E-state index is 0.0552. The summed E-state index contributed by atoms with van der Waals surface area (Å²) in [5.74, 6) is 1.53. The van der Waals surface area contributed by atoms with Gasteiger partial charge in [0.2, 0.25) is 17.8 Å². The number of nitrogens with one attached hydrogen (secondary N) is 2. The minimum atomic E-state index is -0.802. The molecule has 7 heterocycles. The number of aliphatic hydroxyl groups excluding tert-OH is 1. The van der Waals surface area contributed by atoms with Gasteiger partial charge in [-0.15, -0.1) is 11.3 Å². The van der Waals surface area contributed by atoms with E-state index in [4.69, 9.17) is 23.9 Å². The highest BCUT2D eigenvalue weighted by Crippen LogP contribution is 2.37. The first-order chi connectivity index (χ1) is 42.0. The maximum Gasteiger partial charge on any atom is 0.246 e. The van der Waals surface area contributed by atoms with Crippen LogP contribution in [0.5, 0.6) is 11.5 Å². The number of fused-ring (bicyclic) bond motifs is 8. The molecule has 3 N–H and O–H groups in total. The van der Waals surface area contributed by atoms with Crippen LogP contribution in [0.4, 0.5) is 11.6 Å². The zero-order valence-corrected chi connectivity index (χ0v) is 50.9. The molecule has 6 bridgehead atoms. The van der Waals surface area contributed by atoms with Crippen LogP contribution in [0.3, 0.4) is 0 Å². The molecule has 5 aliphatic rings. The van der Waals surface area contributed by atoms with Gasteiger partial charge in [-0.1, -0.05) is 87.2 Å². The van der Waals surface area contributed by atoms with Crippen LogP contribution in [0.2, 0.25) is 0 Å². The molecule has 4 aromatic carbocycles. The van der Waals surface area contributed by atoms with Crippen LogP contribution in [-0.2, 0) is 45.4 Å². The SMILES string of the molecule is C=C1c2ccccc2CN1[C@H](C(=O)N1C[C@H](O)C[C@H]1C(=O)NCc1ccc(-c2scnc2C)cc1OCCN1CCN(CCCN2CCN(CCOc3ccc4cc3COC/C=C/COCc3cccc(c3)-c3ccnc(n3)N4)CC2)CC1)C(C)C. The lowest BCUT2D eigenvalue weighted by Gasteiger charge is -2.36. The summed E-state index contributed by atoms with van der Waals surface area (Å²) in [7, 11) is 0. The van der Waals surface area contributed by atoms with Crippen molar-refractivity contribution in [2.75, 3.05) is 117 Å². The van der Waals surface area contributed by atoms with Gasteiger partial charge >= 0.3 is 0 Å². The van der Waals surface area contributed by atoms with Crippen molar-refractivity contribution in [1.29, 1.82) is 0 Å². The highest BCUT2D eigenvalue weighted by atomic mass is 32.1. The van der Waals surface area contributed by atoms with E-state index in [0.717, 1.165) is 157 Å². The van der Waals surface area contributed by atoms with Gasteiger partial charge in [0, 0.05) is 131 Å². The zero-order valence-electron chi connectivity index (χ0n) is 50.1. The molecule has 3 atom stereocenters. The quantitative estimate of drug-likeness (QED) is 0.0664. The molecule has 454 valence electrons. The summed E-state index contributed by atoms with van der Waals surface area (Å²) in [4.78, 5) is 57.3. The molecular weight excluding hydrogens is 1100 g/mol. The smallest absolute Gasteiger partial charge is 0.246 e. The number of nitrogens with zero attached hydrogens (tertiary/aromatic N) is 9. The predicted octanol–water partition coefficient (Wildman–Crippen LogP) is 8.09. The van der Waals surface area contributed by atoms with Crippen LogP contribution in [0.25, 0.3) is 27.4 Å². The first-order valence-electron chi connectivity index (χ1n) is 30.6. The molecule has 0 unspecified atom stereocenters. The van der Waals surface area contributed by atoms with Crippen LogP contribution >= 0.6 is 11.3 Å². The molecule has 11 rings (SSSR count). The van der Waals surface area contributed by atoms with Crippen molar-refractivity contribution in [2.45, 2.75) is 78.1 Å². The van der Waals surface area contributed by atoms with Gasteiger partial charge in [0.05, 0.1) is 54.3 Å². The first-order valence-corrected chi connectivity index (χ1v) is 31.5. The standard InChI is InChI=1S/C67H83N11O7S/c1-47(2)63(77-42-54-12-5-6-14-58(54)49(77)4)66(81)78-43-57(79)40-60(78)65(80)69-41-53-16-15-52(64-48(3)70-46-86-64)39-62(53)85-36-32-76-29-25-74(26-30-76)22-10-21-73-23-27-75(28-24-73)31-35-84-61-18-17-56-38-55(61)45-83-34-8-7-33-82-44-50-11-9-13-51(37-50)59-19-20-68-67(71-56)72-59/h5-9,11-20,37-39,46-47,57,60,63,79H,4,10,21-36,40-45H2,1-3H3,(H,69,80)(H,68,71,72)/b8-7+/t57-,60+,63+/m1/s1. The summed E-state index contributed by atoms with van der Waals surface area (Å²) >= 11 is 1.59. The van der Waals surface area contributed by atoms with E-state index in [2.05, 4.69) is 94.1 Å². The number of rotatable bonds is 19. The van der Waals surface area contributed by atoms with Gasteiger partial charge in [-0.25, -0.2) is 15.0 Å². The van der Waals surface area contributed by atoms with Gasteiger partial charge < -0.3 is 54.3 Å². The Morgan fingerprint density at radius 3 is 2.20 bits per heavy atom. The number of amides is 2. The van der Waals surface area contributed by atoms with Crippen molar-refractivity contribution in [3.8, 4) is 33.2 Å². The molecule has 0 spiro atoms. The maximum atomic E-state index is 14.5. The number of carbonyl (C=O) groups is 2. The van der Waals surface area contributed by atoms with Crippen molar-refractivity contribution in [2.24, 2.45) is 5.92 Å². The lowest BCUT2D eigenvalue weighted by atomic mass is 10.00. The minimum Gasteiger partial charge on any atom is -0.492 e. The first kappa shape index (κ1) is 60.6. The number of likely N-dealkylation sites (tertiary alicyclic amines) is 1. The summed E-state index contributed by atoms with van der Waals surface area (Å²) in [5.41, 5.74) is 12.4. The van der Waals surface area contributed by atoms with Crippen molar-refractivity contribution < 1.29 is 33.6 Å². The van der Waals surface area contributed by atoms with Crippen LogP contribution in [0.1, 0.15) is 60.2 Å². The predicted molar refractivity (Wildman–Crippen MR) is 337 cm³/mol. The molecule has 86 heavy (non-hydrogen) atoms. The second-order valence-electron chi connectivity index (χ2n) is 23.5. The number of ether oxygens (including phenoxy) is 4. The second kappa shape index (κ2) is 29.1. The molecular formula is C67H83N11O7S. The maximum absolute atomic E-state index is 14.5. The Morgan fingerprint density at radius 2 is 1.49 bits per heavy atom. The Balaban J connectivity index is 0.606. The molecule has 3 fully saturated rings. The topological polar surface area (TPSA) is 173 Å². The third-order valence-corrected chi connectivity index (χ3v) is 18.1. The number of aromatic nitrogens is 3. The summed E-state index contributed by atoms with van der Waals surface area (Å²) < 4.78 is 25.0. The highest BCUT2D eigenvalue weighted by molar-refractivity contribution is 7.13. The Bertz CT molecular complexity index is 3300. The Kier molecular flexibility index (Phi) is 20.5. The molecule has 3 saturated heterocycles. The highest BCUT2D eigenvalue weighted by Gasteiger charge is 2.45. The van der Waals surface area contributed by atoms with Crippen LogP contribution < -0.4 is 20.1 Å². The van der Waals surface area contributed by atoms with Crippen molar-refractivity contribution in [1.82, 2.24) is 49.7 Å². The molecule has 0 aliphatic carbocycles. The number of aryl methyl sites for hydroxylation is 1. The summed E-state index contributed by atoms with van der Waals surface area (Å²) in [5, 5.41) is 17.4. The number of carbonyl (C=O) groups excluding carboxylic acids is 2. The molecule has 2 aromatic heterocycles. The van der Waals surface area contributed by atoms with Crippen LogP contribution in [0.15, 0.2) is 121 Å². The number of hydrogen-bond donors (Lipinski definition) is 3. The Morgan fingerprint density at radius 1 is 0.779 bits per heavy atom. The number of aliphatic hydroxyl groups is 1. The van der Waals surface area contributed by atoms with E-state index in [1.54, 1.807) is 22.4 Å². The van der Waals surface area contributed by atoms with Crippen LogP contribution in [-0.4, -0.2) is 191 Å². The second-order valence-corrected chi connectivity index (χ2v) is 24.3. The van der Waals surface area contributed by atoms with Gasteiger partial charge in [-0.3, -0.25) is 19.4 Å². The van der Waals surface area contributed by atoms with E-state index >= 15 is 0 Å². The number of thiazole rings is 1. The van der Waals surface area contributed by atoms with E-state index in [1.807, 2.05) is 87.0 Å². The number of hydrogen-bond acceptors (Lipinski definition) is 17. The molecule has 0 radical (unpaired) electrons. The lowest BCUT2D eigenvalue weighted by Crippen LogP contribution is -2.54. The van der Waals surface area contributed by atoms with Gasteiger partial charge in [0.1, 0.15) is 36.8 Å². The third-order valence-electron chi connectivity index (χ3n) is 17.2. The van der Waals surface area contributed by atoms with Crippen molar-refractivity contribution >= 4 is 40.5 Å². The van der Waals surface area contributed by atoms with E-state index in [9.17, 15) is 14.7 Å². The van der Waals surface area contributed by atoms with Gasteiger partial charge in [0.15, 0.2) is 0 Å². The molecule has 0 saturated carbocycles. The summed E-state index contributed by atoms with van der Waals surface area (Å²) in [6.45, 7) is 26.3. The third kappa shape index (κ3) is 15.4. The fraction of sp³-hybridized carbons (Fsp3) is 0.448. The monoisotopic (exact) mass is 1190 g/mol. The van der Waals surface area contributed by atoms with E-state index in [1.165, 1.54) is 0 Å². The van der Waals surface area contributed by atoms with E-state index < -0.39 is 18.2 Å². The van der Waals surface area contributed by atoms with Gasteiger partial charge in [0.25, 0.3) is 0 Å². The largest absolute Gasteiger partial charge is 0.492 e. The Labute approximate surface area is 510 Å².